The van der Waals surface area contributed by atoms with Gasteiger partial charge in [-0.05, 0) is 94.0 Å². The lowest BCUT2D eigenvalue weighted by atomic mass is 9.95. The Hall–Kier alpha value is -1.93. The summed E-state index contributed by atoms with van der Waals surface area (Å²) in [6.45, 7) is 11.4. The second-order valence-electron chi connectivity index (χ2n) is 9.47. The number of rotatable bonds is 8. The van der Waals surface area contributed by atoms with Crippen LogP contribution in [-0.4, -0.2) is 51.3 Å². The number of carbonyl (C=O) groups excluding carboxylic acids is 2. The van der Waals surface area contributed by atoms with Gasteiger partial charge in [0.15, 0.2) is 0 Å². The van der Waals surface area contributed by atoms with Crippen molar-refractivity contribution in [3.05, 3.63) is 27.8 Å². The fourth-order valence-corrected chi connectivity index (χ4v) is 6.15. The van der Waals surface area contributed by atoms with Crippen LogP contribution in [0.5, 0.6) is 0 Å². The molecule has 1 saturated heterocycles. The zero-order valence-corrected chi connectivity index (χ0v) is 20.8. The highest BCUT2D eigenvalue weighted by molar-refractivity contribution is 7.89. The summed E-state index contributed by atoms with van der Waals surface area (Å²) >= 11 is 0. The van der Waals surface area contributed by atoms with Gasteiger partial charge < -0.3 is 10.2 Å². The largest absolute Gasteiger partial charge is 0.356 e. The molecule has 2 amide bonds. The zero-order valence-electron chi connectivity index (χ0n) is 20.0. The van der Waals surface area contributed by atoms with Crippen molar-refractivity contribution >= 4 is 21.8 Å². The van der Waals surface area contributed by atoms with Crippen molar-refractivity contribution < 1.29 is 18.0 Å². The average Bonchev–Trinajstić information content (AvgIpc) is 3.59. The van der Waals surface area contributed by atoms with E-state index >= 15 is 0 Å². The molecule has 1 aliphatic carbocycles. The number of hydrogen-bond donors (Lipinski definition) is 2. The molecule has 1 atom stereocenters. The van der Waals surface area contributed by atoms with Gasteiger partial charge in [0, 0.05) is 32.6 Å². The predicted octanol–water partition coefficient (Wildman–Crippen LogP) is 2.66. The summed E-state index contributed by atoms with van der Waals surface area (Å²) in [5, 5.41) is 3.01. The topological polar surface area (TPSA) is 95.6 Å². The minimum absolute atomic E-state index is 0.0335. The van der Waals surface area contributed by atoms with Gasteiger partial charge in [-0.1, -0.05) is 0 Å². The van der Waals surface area contributed by atoms with Gasteiger partial charge in [-0.3, -0.25) is 9.59 Å². The first-order valence-corrected chi connectivity index (χ1v) is 13.1. The Kier molecular flexibility index (Phi) is 7.65. The SMILES string of the molecule is Cc1c(C)c(C)c(S(=O)(=O)NCCC(=O)N2CCCC(C(=O)NCC3CC3)C2)c(C)c1C. The van der Waals surface area contributed by atoms with E-state index in [2.05, 4.69) is 10.0 Å². The van der Waals surface area contributed by atoms with E-state index in [1.807, 2.05) is 34.6 Å². The van der Waals surface area contributed by atoms with Crippen molar-refractivity contribution in [2.75, 3.05) is 26.2 Å². The molecule has 0 radical (unpaired) electrons. The maximum absolute atomic E-state index is 13.0. The molecule has 7 nitrogen and oxygen atoms in total. The van der Waals surface area contributed by atoms with Crippen LogP contribution in [0.4, 0.5) is 0 Å². The molecule has 2 aliphatic rings. The summed E-state index contributed by atoms with van der Waals surface area (Å²) in [4.78, 5) is 27.1. The average molecular weight is 464 g/mol. The Labute approximate surface area is 192 Å². The van der Waals surface area contributed by atoms with Gasteiger partial charge in [-0.2, -0.15) is 0 Å². The summed E-state index contributed by atoms with van der Waals surface area (Å²) < 4.78 is 28.7. The lowest BCUT2D eigenvalue weighted by Gasteiger charge is -2.32. The second kappa shape index (κ2) is 9.91. The van der Waals surface area contributed by atoms with Gasteiger partial charge in [0.1, 0.15) is 0 Å². The van der Waals surface area contributed by atoms with Crippen LogP contribution in [0, 0.1) is 46.5 Å². The van der Waals surface area contributed by atoms with Gasteiger partial charge in [-0.15, -0.1) is 0 Å². The van der Waals surface area contributed by atoms with E-state index in [0.717, 1.165) is 47.2 Å². The molecule has 0 spiro atoms. The molecule has 0 aromatic heterocycles. The highest BCUT2D eigenvalue weighted by Gasteiger charge is 2.30. The molecule has 1 heterocycles. The number of carbonyl (C=O) groups is 2. The molecule has 32 heavy (non-hydrogen) atoms. The molecule has 8 heteroatoms. The fourth-order valence-electron chi connectivity index (χ4n) is 4.52. The lowest BCUT2D eigenvalue weighted by Crippen LogP contribution is -2.46. The van der Waals surface area contributed by atoms with Crippen LogP contribution in [0.25, 0.3) is 0 Å². The van der Waals surface area contributed by atoms with E-state index in [1.165, 1.54) is 12.8 Å². The third-order valence-corrected chi connectivity index (χ3v) is 8.97. The summed E-state index contributed by atoms with van der Waals surface area (Å²) in [6.07, 6.45) is 4.03. The van der Waals surface area contributed by atoms with Crippen LogP contribution in [0.15, 0.2) is 4.90 Å². The normalized spacial score (nSPS) is 19.2. The molecular formula is C24H37N3O4S. The minimum Gasteiger partial charge on any atom is -0.356 e. The van der Waals surface area contributed by atoms with Gasteiger partial charge in [-0.25, -0.2) is 13.1 Å². The first-order chi connectivity index (χ1) is 15.0. The number of amides is 2. The molecule has 0 bridgehead atoms. The van der Waals surface area contributed by atoms with Gasteiger partial charge >= 0.3 is 0 Å². The van der Waals surface area contributed by atoms with Crippen molar-refractivity contribution in [2.45, 2.75) is 71.6 Å². The number of benzene rings is 1. The summed E-state index contributed by atoms with van der Waals surface area (Å²) in [5.41, 5.74) is 4.56. The Morgan fingerprint density at radius 2 is 1.53 bits per heavy atom. The molecule has 2 fully saturated rings. The predicted molar refractivity (Wildman–Crippen MR) is 125 cm³/mol. The monoisotopic (exact) mass is 463 g/mol. The second-order valence-corrected chi connectivity index (χ2v) is 11.2. The molecule has 2 N–H and O–H groups in total. The third kappa shape index (κ3) is 5.52. The summed E-state index contributed by atoms with van der Waals surface area (Å²) in [7, 11) is -3.73. The van der Waals surface area contributed by atoms with E-state index in [1.54, 1.807) is 4.90 Å². The molecule has 1 aliphatic heterocycles. The smallest absolute Gasteiger partial charge is 0.241 e. The van der Waals surface area contributed by atoms with Gasteiger partial charge in [0.2, 0.25) is 21.8 Å². The van der Waals surface area contributed by atoms with Crippen molar-refractivity contribution in [1.82, 2.24) is 14.9 Å². The van der Waals surface area contributed by atoms with E-state index in [9.17, 15) is 18.0 Å². The Morgan fingerprint density at radius 1 is 0.938 bits per heavy atom. The standard InChI is InChI=1S/C24H37N3O4S/c1-15-16(2)18(4)23(19(5)17(15)3)32(30,31)26-11-10-22(28)27-12-6-7-21(14-27)24(29)25-13-20-8-9-20/h20-21,26H,6-14H2,1-5H3,(H,25,29). The lowest BCUT2D eigenvalue weighted by molar-refractivity contribution is -0.135. The van der Waals surface area contributed by atoms with Crippen LogP contribution < -0.4 is 10.0 Å². The highest BCUT2D eigenvalue weighted by Crippen LogP contribution is 2.29. The molecular weight excluding hydrogens is 426 g/mol. The Bertz CT molecular complexity index is 970. The number of hydrogen-bond acceptors (Lipinski definition) is 4. The zero-order chi connectivity index (χ0) is 23.6. The summed E-state index contributed by atoms with van der Waals surface area (Å²) in [6, 6.07) is 0. The van der Waals surface area contributed by atoms with Crippen molar-refractivity contribution in [1.29, 1.82) is 0 Å². The van der Waals surface area contributed by atoms with Crippen LogP contribution in [0.2, 0.25) is 0 Å². The Morgan fingerprint density at radius 3 is 2.12 bits per heavy atom. The highest BCUT2D eigenvalue weighted by atomic mass is 32.2. The number of nitrogens with one attached hydrogen (secondary N) is 2. The maximum atomic E-state index is 13.0. The molecule has 1 aromatic carbocycles. The Balaban J connectivity index is 1.56. The van der Waals surface area contributed by atoms with Crippen molar-refractivity contribution in [2.24, 2.45) is 11.8 Å². The van der Waals surface area contributed by atoms with E-state index in [0.29, 0.717) is 23.9 Å². The molecule has 1 unspecified atom stereocenters. The first kappa shape index (κ1) is 24.7. The molecule has 178 valence electrons. The molecule has 1 aromatic rings. The van der Waals surface area contributed by atoms with E-state index in [-0.39, 0.29) is 30.7 Å². The molecule has 3 rings (SSSR count). The number of nitrogens with zero attached hydrogens (tertiary/aromatic N) is 1. The number of piperidine rings is 1. The number of sulfonamides is 1. The van der Waals surface area contributed by atoms with Crippen LogP contribution in [-0.2, 0) is 19.6 Å². The quantitative estimate of drug-likeness (QED) is 0.620. The third-order valence-electron chi connectivity index (χ3n) is 7.24. The first-order valence-electron chi connectivity index (χ1n) is 11.6. The number of likely N-dealkylation sites (tertiary alicyclic amines) is 1. The van der Waals surface area contributed by atoms with Crippen molar-refractivity contribution in [3.63, 3.8) is 0 Å². The van der Waals surface area contributed by atoms with Crippen molar-refractivity contribution in [3.8, 4) is 0 Å². The fraction of sp³-hybridized carbons (Fsp3) is 0.667. The van der Waals surface area contributed by atoms with Gasteiger partial charge in [0.05, 0.1) is 10.8 Å². The van der Waals surface area contributed by atoms with E-state index in [4.69, 9.17) is 0 Å². The minimum atomic E-state index is -3.73. The van der Waals surface area contributed by atoms with Crippen LogP contribution in [0.3, 0.4) is 0 Å². The van der Waals surface area contributed by atoms with Crippen LogP contribution in [0.1, 0.15) is 59.9 Å². The van der Waals surface area contributed by atoms with E-state index < -0.39 is 10.0 Å². The maximum Gasteiger partial charge on any atom is 0.241 e. The van der Waals surface area contributed by atoms with Gasteiger partial charge in [0.25, 0.3) is 0 Å². The summed E-state index contributed by atoms with van der Waals surface area (Å²) in [5.74, 6) is 0.372. The molecule has 1 saturated carbocycles. The van der Waals surface area contributed by atoms with Crippen LogP contribution >= 0.6 is 0 Å².